The maximum atomic E-state index is 13.0. The molecule has 1 fully saturated rings. The molecular weight excluding hydrogens is 371 g/mol. The number of pyridine rings is 1. The fourth-order valence-electron chi connectivity index (χ4n) is 3.58. The number of carbonyl (C=O) groups is 1. The van der Waals surface area contributed by atoms with Crippen LogP contribution in [0.5, 0.6) is 0 Å². The van der Waals surface area contributed by atoms with Crippen molar-refractivity contribution in [2.24, 2.45) is 5.92 Å². The van der Waals surface area contributed by atoms with E-state index in [9.17, 15) is 18.0 Å². The Morgan fingerprint density at radius 2 is 2.07 bits per heavy atom. The quantitative estimate of drug-likeness (QED) is 0.845. The molecule has 0 radical (unpaired) electrons. The number of rotatable bonds is 5. The van der Waals surface area contributed by atoms with Crippen LogP contribution in [-0.2, 0) is 6.18 Å². The molecule has 0 saturated carbocycles. The summed E-state index contributed by atoms with van der Waals surface area (Å²) in [5, 5.41) is 7.40. The molecule has 1 amide bonds. The van der Waals surface area contributed by atoms with Crippen LogP contribution in [-0.4, -0.2) is 52.3 Å². The lowest BCUT2D eigenvalue weighted by molar-refractivity contribution is -0.137. The topological polar surface area (TPSA) is 63.1 Å². The fourth-order valence-corrected chi connectivity index (χ4v) is 3.58. The Hall–Kier alpha value is -2.42. The highest BCUT2D eigenvalue weighted by Gasteiger charge is 2.32. The molecule has 2 aromatic heterocycles. The Kier molecular flexibility index (Phi) is 5.74. The van der Waals surface area contributed by atoms with Crippen LogP contribution in [0.15, 0.2) is 24.5 Å². The smallest absolute Gasteiger partial charge is 0.338 e. The van der Waals surface area contributed by atoms with Crippen LogP contribution in [0.2, 0.25) is 0 Å². The molecule has 28 heavy (non-hydrogen) atoms. The average Bonchev–Trinajstić information content (AvgIpc) is 3.28. The summed E-state index contributed by atoms with van der Waals surface area (Å²) in [6.45, 7) is 6.06. The van der Waals surface area contributed by atoms with Gasteiger partial charge in [0, 0.05) is 19.3 Å². The van der Waals surface area contributed by atoms with Crippen molar-refractivity contribution in [1.29, 1.82) is 0 Å². The number of nitrogens with zero attached hydrogens (tertiary/aromatic N) is 4. The molecule has 0 spiro atoms. The summed E-state index contributed by atoms with van der Waals surface area (Å²) in [6.07, 6.45) is -1.23. The van der Waals surface area contributed by atoms with Crippen molar-refractivity contribution in [3.05, 3.63) is 41.3 Å². The van der Waals surface area contributed by atoms with Crippen molar-refractivity contribution >= 4 is 5.91 Å². The maximum absolute atomic E-state index is 13.0. The SMILES string of the molecule is CNCC1CCN(C(=O)c2cnn(-c3ccc(C(F)(F)F)cn3)c2C(C)C)C1. The molecule has 6 nitrogen and oxygen atoms in total. The van der Waals surface area contributed by atoms with Gasteiger partial charge in [0.25, 0.3) is 5.91 Å². The summed E-state index contributed by atoms with van der Waals surface area (Å²) in [6, 6.07) is 2.24. The summed E-state index contributed by atoms with van der Waals surface area (Å²) < 4.78 is 39.8. The van der Waals surface area contributed by atoms with Gasteiger partial charge in [0.2, 0.25) is 0 Å². The van der Waals surface area contributed by atoms with Gasteiger partial charge in [-0.3, -0.25) is 4.79 Å². The first kappa shape index (κ1) is 20.3. The molecule has 1 saturated heterocycles. The Morgan fingerprint density at radius 1 is 1.32 bits per heavy atom. The Labute approximate surface area is 161 Å². The van der Waals surface area contributed by atoms with Gasteiger partial charge in [-0.15, -0.1) is 0 Å². The van der Waals surface area contributed by atoms with Crippen molar-refractivity contribution in [1.82, 2.24) is 25.0 Å². The Bertz CT molecular complexity index is 829. The predicted octanol–water partition coefficient (Wildman–Crippen LogP) is 3.09. The van der Waals surface area contributed by atoms with E-state index in [1.54, 1.807) is 0 Å². The molecule has 1 unspecified atom stereocenters. The number of nitrogens with one attached hydrogen (secondary N) is 1. The fraction of sp³-hybridized carbons (Fsp3) is 0.526. The van der Waals surface area contributed by atoms with Gasteiger partial charge in [0.1, 0.15) is 0 Å². The van der Waals surface area contributed by atoms with Crippen molar-refractivity contribution in [2.75, 3.05) is 26.7 Å². The van der Waals surface area contributed by atoms with E-state index in [2.05, 4.69) is 15.4 Å². The molecule has 0 aromatic carbocycles. The second-order valence-electron chi connectivity index (χ2n) is 7.38. The van der Waals surface area contributed by atoms with Crippen LogP contribution < -0.4 is 5.32 Å². The number of aromatic nitrogens is 3. The lowest BCUT2D eigenvalue weighted by Crippen LogP contribution is -2.31. The minimum Gasteiger partial charge on any atom is -0.338 e. The molecule has 2 aromatic rings. The standard InChI is InChI=1S/C19H24F3N5O/c1-12(2)17-15(18(28)26-7-6-13(11-26)8-23-3)10-25-27(17)16-5-4-14(9-24-16)19(20,21)22/h4-5,9-10,12-13,23H,6-8,11H2,1-3H3. The van der Waals surface area contributed by atoms with E-state index < -0.39 is 11.7 Å². The minimum atomic E-state index is -4.45. The molecule has 152 valence electrons. The zero-order chi connectivity index (χ0) is 20.5. The Balaban J connectivity index is 1.89. The largest absolute Gasteiger partial charge is 0.417 e. The molecule has 1 N–H and O–H groups in total. The highest BCUT2D eigenvalue weighted by atomic mass is 19.4. The van der Waals surface area contributed by atoms with Crippen LogP contribution in [0.4, 0.5) is 13.2 Å². The first-order valence-electron chi connectivity index (χ1n) is 9.27. The lowest BCUT2D eigenvalue weighted by Gasteiger charge is -2.18. The normalized spacial score (nSPS) is 17.5. The second-order valence-corrected chi connectivity index (χ2v) is 7.38. The minimum absolute atomic E-state index is 0.0544. The summed E-state index contributed by atoms with van der Waals surface area (Å²) in [5.74, 6) is 0.523. The molecule has 9 heteroatoms. The van der Waals surface area contributed by atoms with Gasteiger partial charge in [-0.25, -0.2) is 9.67 Å². The highest BCUT2D eigenvalue weighted by Crippen LogP contribution is 2.30. The summed E-state index contributed by atoms with van der Waals surface area (Å²) in [5.41, 5.74) is 0.301. The van der Waals surface area contributed by atoms with Crippen molar-refractivity contribution in [3.63, 3.8) is 0 Å². The Morgan fingerprint density at radius 3 is 2.64 bits per heavy atom. The van der Waals surface area contributed by atoms with Gasteiger partial charge in [-0.1, -0.05) is 13.8 Å². The van der Waals surface area contributed by atoms with Crippen LogP contribution in [0.1, 0.15) is 47.8 Å². The lowest BCUT2D eigenvalue weighted by atomic mass is 10.0. The van der Waals surface area contributed by atoms with Crippen LogP contribution >= 0.6 is 0 Å². The molecule has 0 aliphatic carbocycles. The first-order valence-corrected chi connectivity index (χ1v) is 9.27. The number of hydrogen-bond acceptors (Lipinski definition) is 4. The third-order valence-corrected chi connectivity index (χ3v) is 4.94. The first-order chi connectivity index (χ1) is 13.2. The van der Waals surface area contributed by atoms with E-state index in [0.717, 1.165) is 25.2 Å². The monoisotopic (exact) mass is 395 g/mol. The third-order valence-electron chi connectivity index (χ3n) is 4.94. The van der Waals surface area contributed by atoms with Crippen LogP contribution in [0.25, 0.3) is 5.82 Å². The number of hydrogen-bond donors (Lipinski definition) is 1. The van der Waals surface area contributed by atoms with E-state index in [4.69, 9.17) is 0 Å². The van der Waals surface area contributed by atoms with Gasteiger partial charge in [0.05, 0.1) is 23.0 Å². The number of alkyl halides is 3. The van der Waals surface area contributed by atoms with Gasteiger partial charge in [-0.05, 0) is 44.0 Å². The average molecular weight is 395 g/mol. The van der Waals surface area contributed by atoms with Crippen molar-refractivity contribution in [2.45, 2.75) is 32.4 Å². The van der Waals surface area contributed by atoms with Gasteiger partial charge >= 0.3 is 6.18 Å². The van der Waals surface area contributed by atoms with Gasteiger partial charge in [-0.2, -0.15) is 18.3 Å². The molecule has 1 aliphatic rings. The number of amides is 1. The van der Waals surface area contributed by atoms with E-state index in [0.29, 0.717) is 30.3 Å². The van der Waals surface area contributed by atoms with Gasteiger partial charge in [0.15, 0.2) is 5.82 Å². The van der Waals surface area contributed by atoms with E-state index in [-0.39, 0.29) is 17.6 Å². The van der Waals surface area contributed by atoms with Crippen molar-refractivity contribution < 1.29 is 18.0 Å². The summed E-state index contributed by atoms with van der Waals surface area (Å²) in [7, 11) is 1.89. The summed E-state index contributed by atoms with van der Waals surface area (Å²) >= 11 is 0. The van der Waals surface area contributed by atoms with Crippen LogP contribution in [0, 0.1) is 5.92 Å². The molecule has 0 bridgehead atoms. The van der Waals surface area contributed by atoms with Crippen molar-refractivity contribution in [3.8, 4) is 5.82 Å². The molecular formula is C19H24F3N5O. The molecule has 1 atom stereocenters. The van der Waals surface area contributed by atoms with E-state index >= 15 is 0 Å². The molecule has 3 heterocycles. The third kappa shape index (κ3) is 4.04. The van der Waals surface area contributed by atoms with E-state index in [1.807, 2.05) is 25.8 Å². The number of likely N-dealkylation sites (tertiary alicyclic amines) is 1. The zero-order valence-corrected chi connectivity index (χ0v) is 16.1. The maximum Gasteiger partial charge on any atom is 0.417 e. The number of carbonyl (C=O) groups excluding carboxylic acids is 1. The highest BCUT2D eigenvalue weighted by molar-refractivity contribution is 5.95. The number of halogens is 3. The predicted molar refractivity (Wildman–Crippen MR) is 98.4 cm³/mol. The summed E-state index contributed by atoms with van der Waals surface area (Å²) in [4.78, 5) is 18.8. The molecule has 3 rings (SSSR count). The van der Waals surface area contributed by atoms with Crippen LogP contribution in [0.3, 0.4) is 0 Å². The zero-order valence-electron chi connectivity index (χ0n) is 16.1. The van der Waals surface area contributed by atoms with Gasteiger partial charge < -0.3 is 10.2 Å². The molecule has 1 aliphatic heterocycles. The van der Waals surface area contributed by atoms with E-state index in [1.165, 1.54) is 16.9 Å². The second kappa shape index (κ2) is 7.90.